The van der Waals surface area contributed by atoms with Gasteiger partial charge in [0.05, 0.1) is 0 Å². The third-order valence-corrected chi connectivity index (χ3v) is 2.72. The molecule has 2 heteroatoms. The first-order chi connectivity index (χ1) is 6.70. The number of carbonyl (C=O) groups is 2. The van der Waals surface area contributed by atoms with Crippen molar-refractivity contribution >= 4 is 11.6 Å². The van der Waals surface area contributed by atoms with Crippen molar-refractivity contribution in [3.8, 4) is 0 Å². The fourth-order valence-corrected chi connectivity index (χ4v) is 1.91. The second-order valence-electron chi connectivity index (χ2n) is 4.00. The summed E-state index contributed by atoms with van der Waals surface area (Å²) >= 11 is 0. The van der Waals surface area contributed by atoms with Gasteiger partial charge in [-0.15, -0.1) is 0 Å². The van der Waals surface area contributed by atoms with E-state index in [4.69, 9.17) is 0 Å². The van der Waals surface area contributed by atoms with Crippen LogP contribution in [-0.4, -0.2) is 11.6 Å². The van der Waals surface area contributed by atoms with Crippen LogP contribution in [0.1, 0.15) is 45.4 Å². The minimum absolute atomic E-state index is 0.0833. The lowest BCUT2D eigenvalue weighted by Crippen LogP contribution is -2.18. The van der Waals surface area contributed by atoms with Crippen molar-refractivity contribution in [3.05, 3.63) is 12.2 Å². The van der Waals surface area contributed by atoms with Crippen molar-refractivity contribution in [1.29, 1.82) is 0 Å². The molecule has 0 radical (unpaired) electrons. The van der Waals surface area contributed by atoms with Gasteiger partial charge in [-0.05, 0) is 38.7 Å². The topological polar surface area (TPSA) is 34.1 Å². The van der Waals surface area contributed by atoms with E-state index in [0.29, 0.717) is 5.78 Å². The van der Waals surface area contributed by atoms with Crippen LogP contribution in [0, 0.1) is 5.92 Å². The van der Waals surface area contributed by atoms with Gasteiger partial charge in [0.15, 0.2) is 5.78 Å². The molecule has 1 fully saturated rings. The highest BCUT2D eigenvalue weighted by Crippen LogP contribution is 2.24. The van der Waals surface area contributed by atoms with E-state index in [1.54, 1.807) is 13.0 Å². The van der Waals surface area contributed by atoms with Crippen molar-refractivity contribution in [2.45, 2.75) is 45.4 Å². The Morgan fingerprint density at radius 3 is 2.93 bits per heavy atom. The molecule has 1 aliphatic carbocycles. The summed E-state index contributed by atoms with van der Waals surface area (Å²) in [6.45, 7) is 1.54. The predicted octanol–water partition coefficient (Wildman–Crippen LogP) is 2.67. The van der Waals surface area contributed by atoms with Crippen LogP contribution < -0.4 is 0 Å². The number of rotatable bonds is 4. The molecule has 14 heavy (non-hydrogen) atoms. The van der Waals surface area contributed by atoms with E-state index in [9.17, 15) is 9.59 Å². The van der Waals surface area contributed by atoms with Gasteiger partial charge in [-0.1, -0.05) is 12.5 Å². The first kappa shape index (κ1) is 11.2. The molecule has 1 rings (SSSR count). The lowest BCUT2D eigenvalue weighted by Gasteiger charge is -2.19. The summed E-state index contributed by atoms with van der Waals surface area (Å²) in [6.07, 6.45) is 9.31. The van der Waals surface area contributed by atoms with Gasteiger partial charge in [-0.2, -0.15) is 0 Å². The van der Waals surface area contributed by atoms with E-state index >= 15 is 0 Å². The first-order valence-corrected chi connectivity index (χ1v) is 5.40. The molecule has 0 aromatic carbocycles. The lowest BCUT2D eigenvalue weighted by atomic mass is 9.85. The maximum atomic E-state index is 11.4. The standard InChI is InChI=1S/C12H18O2/c1-10(13)6-2-3-7-11-8-4-5-9-12(11)14/h2,6,11H,3-5,7-9H2,1H3/b6-2+. The molecule has 1 atom stereocenters. The average molecular weight is 194 g/mol. The van der Waals surface area contributed by atoms with Gasteiger partial charge in [0.1, 0.15) is 5.78 Å². The van der Waals surface area contributed by atoms with E-state index in [0.717, 1.165) is 32.1 Å². The first-order valence-electron chi connectivity index (χ1n) is 5.40. The van der Waals surface area contributed by atoms with Crippen molar-refractivity contribution in [2.24, 2.45) is 5.92 Å². The second-order valence-corrected chi connectivity index (χ2v) is 4.00. The van der Waals surface area contributed by atoms with Crippen LogP contribution in [0.2, 0.25) is 0 Å². The molecule has 0 aliphatic heterocycles. The zero-order valence-corrected chi connectivity index (χ0v) is 8.79. The minimum Gasteiger partial charge on any atom is -0.299 e. The maximum absolute atomic E-state index is 11.4. The Morgan fingerprint density at radius 2 is 2.29 bits per heavy atom. The summed E-state index contributed by atoms with van der Waals surface area (Å²) in [5.74, 6) is 0.771. The van der Waals surface area contributed by atoms with E-state index in [2.05, 4.69) is 0 Å². The predicted molar refractivity (Wildman–Crippen MR) is 56.0 cm³/mol. The van der Waals surface area contributed by atoms with Gasteiger partial charge < -0.3 is 0 Å². The summed E-state index contributed by atoms with van der Waals surface area (Å²) in [7, 11) is 0. The van der Waals surface area contributed by atoms with E-state index < -0.39 is 0 Å². The molecule has 0 heterocycles. The largest absolute Gasteiger partial charge is 0.299 e. The molecule has 0 saturated heterocycles. The fourth-order valence-electron chi connectivity index (χ4n) is 1.91. The number of ketones is 2. The monoisotopic (exact) mass is 194 g/mol. The lowest BCUT2D eigenvalue weighted by molar-refractivity contribution is -0.124. The highest BCUT2D eigenvalue weighted by molar-refractivity contribution is 5.87. The van der Waals surface area contributed by atoms with E-state index in [1.807, 2.05) is 6.08 Å². The Morgan fingerprint density at radius 1 is 1.50 bits per heavy atom. The van der Waals surface area contributed by atoms with Crippen molar-refractivity contribution in [1.82, 2.24) is 0 Å². The number of allylic oxidation sites excluding steroid dienone is 2. The van der Waals surface area contributed by atoms with E-state index in [1.165, 1.54) is 6.42 Å². The fraction of sp³-hybridized carbons (Fsp3) is 0.667. The van der Waals surface area contributed by atoms with Crippen molar-refractivity contribution in [2.75, 3.05) is 0 Å². The zero-order chi connectivity index (χ0) is 10.4. The number of carbonyl (C=O) groups excluding carboxylic acids is 2. The molecule has 1 unspecified atom stereocenters. The zero-order valence-electron chi connectivity index (χ0n) is 8.79. The number of hydrogen-bond donors (Lipinski definition) is 0. The number of Topliss-reactive ketones (excluding diaryl/α,β-unsaturated/α-hetero) is 1. The van der Waals surface area contributed by atoms with Crippen LogP contribution >= 0.6 is 0 Å². The van der Waals surface area contributed by atoms with Crippen LogP contribution in [0.3, 0.4) is 0 Å². The van der Waals surface area contributed by atoms with Crippen LogP contribution in [0.5, 0.6) is 0 Å². The normalized spacial score (nSPS) is 22.9. The quantitative estimate of drug-likeness (QED) is 0.645. The molecule has 0 amide bonds. The smallest absolute Gasteiger partial charge is 0.152 e. The molecule has 0 bridgehead atoms. The molecule has 0 aromatic rings. The minimum atomic E-state index is 0.0833. The summed E-state index contributed by atoms with van der Waals surface area (Å²) in [5.41, 5.74) is 0. The maximum Gasteiger partial charge on any atom is 0.152 e. The summed E-state index contributed by atoms with van der Waals surface area (Å²) < 4.78 is 0. The molecule has 1 aliphatic rings. The third kappa shape index (κ3) is 3.86. The van der Waals surface area contributed by atoms with E-state index in [-0.39, 0.29) is 11.7 Å². The Labute approximate surface area is 85.4 Å². The summed E-state index contributed by atoms with van der Waals surface area (Å²) in [6, 6.07) is 0. The second kappa shape index (κ2) is 5.74. The van der Waals surface area contributed by atoms with Crippen molar-refractivity contribution in [3.63, 3.8) is 0 Å². The summed E-state index contributed by atoms with van der Waals surface area (Å²) in [5, 5.41) is 0. The molecule has 2 nitrogen and oxygen atoms in total. The Kier molecular flexibility index (Phi) is 4.57. The van der Waals surface area contributed by atoms with Gasteiger partial charge in [0.2, 0.25) is 0 Å². The Hall–Kier alpha value is -0.920. The molecular formula is C12H18O2. The van der Waals surface area contributed by atoms with Crippen LogP contribution in [0.15, 0.2) is 12.2 Å². The van der Waals surface area contributed by atoms with Gasteiger partial charge >= 0.3 is 0 Å². The molecular weight excluding hydrogens is 176 g/mol. The van der Waals surface area contributed by atoms with Gasteiger partial charge in [-0.25, -0.2) is 0 Å². The third-order valence-electron chi connectivity index (χ3n) is 2.72. The molecule has 0 spiro atoms. The number of hydrogen-bond acceptors (Lipinski definition) is 2. The molecule has 1 saturated carbocycles. The molecule has 0 aromatic heterocycles. The molecule has 78 valence electrons. The van der Waals surface area contributed by atoms with Crippen LogP contribution in [0.25, 0.3) is 0 Å². The van der Waals surface area contributed by atoms with Gasteiger partial charge in [-0.3, -0.25) is 9.59 Å². The van der Waals surface area contributed by atoms with Crippen molar-refractivity contribution < 1.29 is 9.59 Å². The van der Waals surface area contributed by atoms with Gasteiger partial charge in [0.25, 0.3) is 0 Å². The van der Waals surface area contributed by atoms with Gasteiger partial charge in [0, 0.05) is 12.3 Å². The van der Waals surface area contributed by atoms with Crippen LogP contribution in [-0.2, 0) is 9.59 Å². The highest BCUT2D eigenvalue weighted by Gasteiger charge is 2.20. The summed E-state index contributed by atoms with van der Waals surface area (Å²) in [4.78, 5) is 22.0. The Balaban J connectivity index is 2.23. The SMILES string of the molecule is CC(=O)/C=C/CCC1CCCCC1=O. The Bertz CT molecular complexity index is 241. The van der Waals surface area contributed by atoms with Crippen LogP contribution in [0.4, 0.5) is 0 Å². The molecule has 0 N–H and O–H groups in total. The highest BCUT2D eigenvalue weighted by atomic mass is 16.1. The average Bonchev–Trinajstić information content (AvgIpc) is 2.15.